The van der Waals surface area contributed by atoms with Gasteiger partial charge in [-0.15, -0.1) is 0 Å². The fraction of sp³-hybridized carbons (Fsp3) is 0.889. The molecule has 1 heterocycles. The molecule has 1 amide bonds. The molecule has 0 bridgehead atoms. The third-order valence-corrected chi connectivity index (χ3v) is 2.62. The predicted molar refractivity (Wildman–Crippen MR) is 48.9 cm³/mol. The van der Waals surface area contributed by atoms with Gasteiger partial charge in [-0.05, 0) is 33.5 Å². The first kappa shape index (κ1) is 9.52. The SMILES string of the molecule is CN(C)CCC1(C)CCNC1=O. The zero-order valence-electron chi connectivity index (χ0n) is 8.18. The normalized spacial score (nSPS) is 29.5. The molecule has 0 aromatic rings. The average Bonchev–Trinajstić information content (AvgIpc) is 2.30. The number of hydrogen-bond donors (Lipinski definition) is 1. The highest BCUT2D eigenvalue weighted by Gasteiger charge is 2.36. The maximum absolute atomic E-state index is 11.4. The number of nitrogens with zero attached hydrogens (tertiary/aromatic N) is 1. The molecule has 1 fully saturated rings. The minimum atomic E-state index is -0.107. The van der Waals surface area contributed by atoms with Gasteiger partial charge in [-0.25, -0.2) is 0 Å². The van der Waals surface area contributed by atoms with Crippen LogP contribution < -0.4 is 5.32 Å². The van der Waals surface area contributed by atoms with E-state index in [0.717, 1.165) is 25.9 Å². The monoisotopic (exact) mass is 170 g/mol. The third kappa shape index (κ3) is 1.97. The Morgan fingerprint density at radius 1 is 1.58 bits per heavy atom. The largest absolute Gasteiger partial charge is 0.356 e. The van der Waals surface area contributed by atoms with E-state index in [0.29, 0.717) is 0 Å². The van der Waals surface area contributed by atoms with Crippen molar-refractivity contribution in [3.8, 4) is 0 Å². The number of carbonyl (C=O) groups excluding carboxylic acids is 1. The van der Waals surface area contributed by atoms with Crippen LogP contribution in [0.1, 0.15) is 19.8 Å². The summed E-state index contributed by atoms with van der Waals surface area (Å²) in [6, 6.07) is 0. The van der Waals surface area contributed by atoms with Crippen molar-refractivity contribution in [1.29, 1.82) is 0 Å². The Kier molecular flexibility index (Phi) is 2.73. The van der Waals surface area contributed by atoms with Crippen LogP contribution in [-0.2, 0) is 4.79 Å². The Morgan fingerprint density at radius 2 is 2.25 bits per heavy atom. The molecule has 1 N–H and O–H groups in total. The molecule has 3 heteroatoms. The lowest BCUT2D eigenvalue weighted by Crippen LogP contribution is -2.31. The fourth-order valence-corrected chi connectivity index (χ4v) is 1.49. The van der Waals surface area contributed by atoms with Crippen LogP contribution in [0.5, 0.6) is 0 Å². The van der Waals surface area contributed by atoms with Gasteiger partial charge in [0.1, 0.15) is 0 Å². The van der Waals surface area contributed by atoms with Crippen molar-refractivity contribution in [1.82, 2.24) is 10.2 Å². The van der Waals surface area contributed by atoms with Gasteiger partial charge >= 0.3 is 0 Å². The summed E-state index contributed by atoms with van der Waals surface area (Å²) in [5.41, 5.74) is -0.107. The molecule has 1 aliphatic heterocycles. The van der Waals surface area contributed by atoms with Gasteiger partial charge in [-0.1, -0.05) is 6.92 Å². The van der Waals surface area contributed by atoms with E-state index in [4.69, 9.17) is 0 Å². The lowest BCUT2D eigenvalue weighted by atomic mass is 9.85. The zero-order valence-corrected chi connectivity index (χ0v) is 8.18. The molecule has 0 aliphatic carbocycles. The molecular weight excluding hydrogens is 152 g/mol. The van der Waals surface area contributed by atoms with Crippen LogP contribution in [0.4, 0.5) is 0 Å². The second kappa shape index (κ2) is 3.44. The molecule has 0 radical (unpaired) electrons. The topological polar surface area (TPSA) is 32.3 Å². The summed E-state index contributed by atoms with van der Waals surface area (Å²) in [6.45, 7) is 3.89. The van der Waals surface area contributed by atoms with Gasteiger partial charge in [-0.3, -0.25) is 4.79 Å². The lowest BCUT2D eigenvalue weighted by Gasteiger charge is -2.22. The standard InChI is InChI=1S/C9H18N2O/c1-9(5-7-11(2)3)4-6-10-8(9)12/h4-7H2,1-3H3,(H,10,12). The minimum absolute atomic E-state index is 0.107. The number of carbonyl (C=O) groups is 1. The molecule has 3 nitrogen and oxygen atoms in total. The van der Waals surface area contributed by atoms with Crippen LogP contribution in [0.3, 0.4) is 0 Å². The molecule has 1 unspecified atom stereocenters. The maximum Gasteiger partial charge on any atom is 0.226 e. The van der Waals surface area contributed by atoms with E-state index < -0.39 is 0 Å². The average molecular weight is 170 g/mol. The van der Waals surface area contributed by atoms with Crippen LogP contribution in [0, 0.1) is 5.41 Å². The van der Waals surface area contributed by atoms with E-state index in [1.54, 1.807) is 0 Å². The fourth-order valence-electron chi connectivity index (χ4n) is 1.49. The van der Waals surface area contributed by atoms with E-state index in [1.165, 1.54) is 0 Å². The molecule has 70 valence electrons. The lowest BCUT2D eigenvalue weighted by molar-refractivity contribution is -0.127. The second-order valence-corrected chi connectivity index (χ2v) is 4.12. The molecule has 0 spiro atoms. The number of nitrogens with one attached hydrogen (secondary N) is 1. The van der Waals surface area contributed by atoms with Crippen molar-refractivity contribution in [2.75, 3.05) is 27.2 Å². The van der Waals surface area contributed by atoms with Gasteiger partial charge in [-0.2, -0.15) is 0 Å². The highest BCUT2D eigenvalue weighted by molar-refractivity contribution is 5.84. The van der Waals surface area contributed by atoms with Crippen molar-refractivity contribution < 1.29 is 4.79 Å². The molecule has 1 saturated heterocycles. The van der Waals surface area contributed by atoms with Gasteiger partial charge in [0, 0.05) is 12.0 Å². The van der Waals surface area contributed by atoms with Crippen molar-refractivity contribution in [2.24, 2.45) is 5.41 Å². The first-order chi connectivity index (χ1) is 5.54. The quantitative estimate of drug-likeness (QED) is 0.667. The Bertz CT molecular complexity index is 179. The van der Waals surface area contributed by atoms with Gasteiger partial charge in [0.2, 0.25) is 5.91 Å². The van der Waals surface area contributed by atoms with Crippen LogP contribution in [0.15, 0.2) is 0 Å². The highest BCUT2D eigenvalue weighted by Crippen LogP contribution is 2.29. The smallest absolute Gasteiger partial charge is 0.226 e. The van der Waals surface area contributed by atoms with Crippen LogP contribution >= 0.6 is 0 Å². The van der Waals surface area contributed by atoms with E-state index in [9.17, 15) is 4.79 Å². The van der Waals surface area contributed by atoms with Gasteiger partial charge in [0.05, 0.1) is 0 Å². The van der Waals surface area contributed by atoms with Crippen molar-refractivity contribution >= 4 is 5.91 Å². The molecule has 1 aliphatic rings. The summed E-state index contributed by atoms with van der Waals surface area (Å²) in [4.78, 5) is 13.5. The van der Waals surface area contributed by atoms with Crippen LogP contribution in [0.25, 0.3) is 0 Å². The Balaban J connectivity index is 2.43. The number of amides is 1. The third-order valence-electron chi connectivity index (χ3n) is 2.62. The molecule has 0 aromatic carbocycles. The minimum Gasteiger partial charge on any atom is -0.356 e. The summed E-state index contributed by atoms with van der Waals surface area (Å²) in [7, 11) is 4.08. The second-order valence-electron chi connectivity index (χ2n) is 4.12. The van der Waals surface area contributed by atoms with Crippen molar-refractivity contribution in [3.63, 3.8) is 0 Å². The van der Waals surface area contributed by atoms with Crippen LogP contribution in [-0.4, -0.2) is 38.0 Å². The number of rotatable bonds is 3. The summed E-state index contributed by atoms with van der Waals surface area (Å²) >= 11 is 0. The summed E-state index contributed by atoms with van der Waals surface area (Å²) in [5, 5.41) is 2.88. The molecule has 0 saturated carbocycles. The summed E-state index contributed by atoms with van der Waals surface area (Å²) in [6.07, 6.45) is 1.95. The Hall–Kier alpha value is -0.570. The van der Waals surface area contributed by atoms with Crippen molar-refractivity contribution in [2.45, 2.75) is 19.8 Å². The molecular formula is C9H18N2O. The zero-order chi connectivity index (χ0) is 9.19. The van der Waals surface area contributed by atoms with Gasteiger partial charge < -0.3 is 10.2 Å². The van der Waals surface area contributed by atoms with E-state index in [-0.39, 0.29) is 11.3 Å². The first-order valence-electron chi connectivity index (χ1n) is 4.48. The molecule has 1 atom stereocenters. The molecule has 12 heavy (non-hydrogen) atoms. The van der Waals surface area contributed by atoms with E-state index in [2.05, 4.69) is 17.1 Å². The summed E-state index contributed by atoms with van der Waals surface area (Å²) in [5.74, 6) is 0.226. The maximum atomic E-state index is 11.4. The highest BCUT2D eigenvalue weighted by atomic mass is 16.2. The van der Waals surface area contributed by atoms with E-state index >= 15 is 0 Å². The molecule has 0 aromatic heterocycles. The molecule has 1 rings (SSSR count). The first-order valence-corrected chi connectivity index (χ1v) is 4.48. The summed E-state index contributed by atoms with van der Waals surface area (Å²) < 4.78 is 0. The van der Waals surface area contributed by atoms with Gasteiger partial charge in [0.25, 0.3) is 0 Å². The van der Waals surface area contributed by atoms with Gasteiger partial charge in [0.15, 0.2) is 0 Å². The van der Waals surface area contributed by atoms with Crippen LogP contribution in [0.2, 0.25) is 0 Å². The number of hydrogen-bond acceptors (Lipinski definition) is 2. The van der Waals surface area contributed by atoms with Crippen molar-refractivity contribution in [3.05, 3.63) is 0 Å². The Labute approximate surface area is 74.1 Å². The Morgan fingerprint density at radius 3 is 2.67 bits per heavy atom. The van der Waals surface area contributed by atoms with E-state index in [1.807, 2.05) is 14.1 Å². The predicted octanol–water partition coefficient (Wildman–Crippen LogP) is 0.464.